The molecule has 1 aromatic carbocycles. The lowest BCUT2D eigenvalue weighted by molar-refractivity contribution is -0.151. The zero-order valence-corrected chi connectivity index (χ0v) is 15.4. The SMILES string of the molecule is CCCCCC(=O)N1CCc2ccc(N3CCOCC3)cc2C1C(=O)O. The molecule has 3 rings (SSSR count). The number of morpholine rings is 1. The number of carboxylic acid groups (broad SMARTS) is 1. The Hall–Kier alpha value is -2.08. The summed E-state index contributed by atoms with van der Waals surface area (Å²) in [6.07, 6.45) is 3.99. The third kappa shape index (κ3) is 4.01. The van der Waals surface area contributed by atoms with Gasteiger partial charge in [0.25, 0.3) is 0 Å². The minimum Gasteiger partial charge on any atom is -0.479 e. The zero-order chi connectivity index (χ0) is 18.5. The number of benzene rings is 1. The number of amides is 1. The first-order valence-electron chi connectivity index (χ1n) is 9.59. The summed E-state index contributed by atoms with van der Waals surface area (Å²) in [6.45, 7) is 5.54. The fourth-order valence-corrected chi connectivity index (χ4v) is 3.83. The molecule has 1 aromatic rings. The highest BCUT2D eigenvalue weighted by molar-refractivity contribution is 5.86. The van der Waals surface area contributed by atoms with Crippen LogP contribution in [0.25, 0.3) is 0 Å². The van der Waals surface area contributed by atoms with Crippen molar-refractivity contribution in [2.75, 3.05) is 37.7 Å². The molecular weight excluding hydrogens is 332 g/mol. The Morgan fingerprint density at radius 2 is 1.96 bits per heavy atom. The number of ether oxygens (including phenoxy) is 1. The number of carbonyl (C=O) groups is 2. The highest BCUT2D eigenvalue weighted by atomic mass is 16.5. The molecule has 1 saturated heterocycles. The average Bonchev–Trinajstić information content (AvgIpc) is 2.67. The van der Waals surface area contributed by atoms with Gasteiger partial charge in [-0.15, -0.1) is 0 Å². The van der Waals surface area contributed by atoms with Crippen LogP contribution in [0.2, 0.25) is 0 Å². The fraction of sp³-hybridized carbons (Fsp3) is 0.600. The lowest BCUT2D eigenvalue weighted by Gasteiger charge is -2.36. The van der Waals surface area contributed by atoms with E-state index in [1.165, 1.54) is 0 Å². The van der Waals surface area contributed by atoms with Gasteiger partial charge in [-0.05, 0) is 36.1 Å². The van der Waals surface area contributed by atoms with Crippen LogP contribution in [-0.2, 0) is 20.7 Å². The number of anilines is 1. The smallest absolute Gasteiger partial charge is 0.331 e. The lowest BCUT2D eigenvalue weighted by Crippen LogP contribution is -2.43. The van der Waals surface area contributed by atoms with Crippen LogP contribution in [0.5, 0.6) is 0 Å². The molecule has 0 spiro atoms. The molecule has 142 valence electrons. The van der Waals surface area contributed by atoms with Crippen LogP contribution >= 0.6 is 0 Å². The van der Waals surface area contributed by atoms with E-state index in [0.717, 1.165) is 49.2 Å². The van der Waals surface area contributed by atoms with E-state index in [0.29, 0.717) is 32.6 Å². The molecule has 1 atom stereocenters. The number of hydrogen-bond acceptors (Lipinski definition) is 4. The van der Waals surface area contributed by atoms with Crippen molar-refractivity contribution in [1.82, 2.24) is 4.90 Å². The summed E-state index contributed by atoms with van der Waals surface area (Å²) in [5.74, 6) is -0.998. The predicted octanol–water partition coefficient (Wildman–Crippen LogP) is 2.61. The normalized spacial score (nSPS) is 20.0. The molecule has 1 amide bonds. The van der Waals surface area contributed by atoms with Crippen molar-refractivity contribution in [2.24, 2.45) is 0 Å². The third-order valence-corrected chi connectivity index (χ3v) is 5.28. The minimum atomic E-state index is -0.950. The number of nitrogens with zero attached hydrogens (tertiary/aromatic N) is 2. The molecule has 1 unspecified atom stereocenters. The van der Waals surface area contributed by atoms with Crippen molar-refractivity contribution in [3.63, 3.8) is 0 Å². The summed E-state index contributed by atoms with van der Waals surface area (Å²) in [4.78, 5) is 28.4. The van der Waals surface area contributed by atoms with Crippen LogP contribution in [0.4, 0.5) is 5.69 Å². The molecule has 0 bridgehead atoms. The molecule has 2 aliphatic heterocycles. The Morgan fingerprint density at radius 3 is 2.65 bits per heavy atom. The van der Waals surface area contributed by atoms with Crippen LogP contribution < -0.4 is 4.90 Å². The second-order valence-corrected chi connectivity index (χ2v) is 7.02. The fourth-order valence-electron chi connectivity index (χ4n) is 3.83. The summed E-state index contributed by atoms with van der Waals surface area (Å²) in [6, 6.07) is 5.16. The standard InChI is InChI=1S/C20H28N2O4/c1-2-3-4-5-18(23)22-9-8-15-6-7-16(21-10-12-26-13-11-21)14-17(15)19(22)20(24)25/h6-7,14,19H,2-5,8-13H2,1H3,(H,24,25). The number of unbranched alkanes of at least 4 members (excludes halogenated alkanes) is 2. The maximum atomic E-state index is 12.6. The summed E-state index contributed by atoms with van der Waals surface area (Å²) < 4.78 is 5.40. The van der Waals surface area contributed by atoms with Crippen molar-refractivity contribution in [1.29, 1.82) is 0 Å². The maximum absolute atomic E-state index is 12.6. The Balaban J connectivity index is 1.84. The quantitative estimate of drug-likeness (QED) is 0.790. The topological polar surface area (TPSA) is 70.1 Å². The van der Waals surface area contributed by atoms with Crippen LogP contribution in [0.15, 0.2) is 18.2 Å². The third-order valence-electron chi connectivity index (χ3n) is 5.28. The molecule has 0 aliphatic carbocycles. The molecule has 1 N–H and O–H groups in total. The van der Waals surface area contributed by atoms with Gasteiger partial charge in [-0.25, -0.2) is 4.79 Å². The van der Waals surface area contributed by atoms with Gasteiger partial charge < -0.3 is 19.6 Å². The van der Waals surface area contributed by atoms with Crippen molar-refractivity contribution < 1.29 is 19.4 Å². The Bertz CT molecular complexity index is 655. The zero-order valence-electron chi connectivity index (χ0n) is 15.4. The molecule has 2 aliphatic rings. The van der Waals surface area contributed by atoms with E-state index in [2.05, 4.69) is 17.9 Å². The number of aliphatic carboxylic acids is 1. The number of carboxylic acids is 1. The van der Waals surface area contributed by atoms with Crippen molar-refractivity contribution in [3.8, 4) is 0 Å². The van der Waals surface area contributed by atoms with Crippen LogP contribution in [-0.4, -0.2) is 54.7 Å². The van der Waals surface area contributed by atoms with Gasteiger partial charge in [-0.2, -0.15) is 0 Å². The van der Waals surface area contributed by atoms with E-state index in [9.17, 15) is 14.7 Å². The number of rotatable bonds is 6. The first kappa shape index (κ1) is 18.7. The molecule has 26 heavy (non-hydrogen) atoms. The van der Waals surface area contributed by atoms with Gasteiger partial charge >= 0.3 is 5.97 Å². The second-order valence-electron chi connectivity index (χ2n) is 7.02. The number of hydrogen-bond donors (Lipinski definition) is 1. The van der Waals surface area contributed by atoms with E-state index in [4.69, 9.17) is 4.74 Å². The van der Waals surface area contributed by atoms with Crippen molar-refractivity contribution in [2.45, 2.75) is 45.1 Å². The van der Waals surface area contributed by atoms with Crippen molar-refractivity contribution in [3.05, 3.63) is 29.3 Å². The summed E-state index contributed by atoms with van der Waals surface area (Å²) in [7, 11) is 0. The first-order chi connectivity index (χ1) is 12.6. The Kier molecular flexibility index (Phi) is 6.14. The summed E-state index contributed by atoms with van der Waals surface area (Å²) in [5, 5.41) is 9.85. The average molecular weight is 360 g/mol. The molecule has 2 heterocycles. The number of fused-ring (bicyclic) bond motifs is 1. The molecule has 0 saturated carbocycles. The number of carbonyl (C=O) groups excluding carboxylic acids is 1. The molecular formula is C20H28N2O4. The maximum Gasteiger partial charge on any atom is 0.331 e. The van der Waals surface area contributed by atoms with Crippen LogP contribution in [0.1, 0.15) is 49.8 Å². The first-order valence-corrected chi connectivity index (χ1v) is 9.59. The van der Waals surface area contributed by atoms with Gasteiger partial charge in [-0.3, -0.25) is 4.79 Å². The van der Waals surface area contributed by atoms with Crippen LogP contribution in [0, 0.1) is 0 Å². The van der Waals surface area contributed by atoms with E-state index in [-0.39, 0.29) is 5.91 Å². The Morgan fingerprint density at radius 1 is 1.19 bits per heavy atom. The van der Waals surface area contributed by atoms with E-state index >= 15 is 0 Å². The highest BCUT2D eigenvalue weighted by Crippen LogP contribution is 2.34. The molecule has 1 fully saturated rings. The molecule has 0 radical (unpaired) electrons. The Labute approximate surface area is 154 Å². The highest BCUT2D eigenvalue weighted by Gasteiger charge is 2.36. The van der Waals surface area contributed by atoms with Gasteiger partial charge in [0.15, 0.2) is 6.04 Å². The minimum absolute atomic E-state index is 0.0479. The monoisotopic (exact) mass is 360 g/mol. The molecule has 6 nitrogen and oxygen atoms in total. The summed E-state index contributed by atoms with van der Waals surface area (Å²) >= 11 is 0. The van der Waals surface area contributed by atoms with E-state index in [1.54, 1.807) is 4.90 Å². The summed E-state index contributed by atoms with van der Waals surface area (Å²) in [5.41, 5.74) is 2.81. The molecule has 0 aromatic heterocycles. The second kappa shape index (κ2) is 8.54. The van der Waals surface area contributed by atoms with Gasteiger partial charge in [0.05, 0.1) is 13.2 Å². The van der Waals surface area contributed by atoms with E-state index in [1.807, 2.05) is 12.1 Å². The van der Waals surface area contributed by atoms with E-state index < -0.39 is 12.0 Å². The van der Waals surface area contributed by atoms with Gasteiger partial charge in [0.2, 0.25) is 5.91 Å². The van der Waals surface area contributed by atoms with Gasteiger partial charge in [0.1, 0.15) is 0 Å². The van der Waals surface area contributed by atoms with Crippen LogP contribution in [0.3, 0.4) is 0 Å². The molecule has 6 heteroatoms. The van der Waals surface area contributed by atoms with Gasteiger partial charge in [0, 0.05) is 31.7 Å². The van der Waals surface area contributed by atoms with Crippen molar-refractivity contribution >= 4 is 17.6 Å². The predicted molar refractivity (Wildman–Crippen MR) is 99.4 cm³/mol. The largest absolute Gasteiger partial charge is 0.479 e. The lowest BCUT2D eigenvalue weighted by atomic mass is 9.91. The van der Waals surface area contributed by atoms with Gasteiger partial charge in [-0.1, -0.05) is 25.8 Å².